The molecule has 2 aliphatic heterocycles. The van der Waals surface area contributed by atoms with Crippen LogP contribution in [0.1, 0.15) is 40.1 Å². The molecule has 2 unspecified atom stereocenters. The van der Waals surface area contributed by atoms with Crippen molar-refractivity contribution < 1.29 is 19.5 Å². The molecule has 3 heterocycles. The summed E-state index contributed by atoms with van der Waals surface area (Å²) in [6.45, 7) is 0.474. The Hall–Kier alpha value is -2.44. The van der Waals surface area contributed by atoms with Crippen molar-refractivity contribution in [1.29, 1.82) is 0 Å². The second kappa shape index (κ2) is 5.16. The van der Waals surface area contributed by atoms with Gasteiger partial charge in [0.2, 0.25) is 5.91 Å². The Balaban J connectivity index is 1.84. The molecule has 0 aromatic carbocycles. The monoisotopic (exact) mass is 289 g/mol. The molecule has 21 heavy (non-hydrogen) atoms. The summed E-state index contributed by atoms with van der Waals surface area (Å²) in [6.07, 6.45) is 3.30. The Bertz CT molecular complexity index is 599. The van der Waals surface area contributed by atoms with Crippen LogP contribution in [0.5, 0.6) is 0 Å². The molecule has 3 rings (SSSR count). The predicted octanol–water partition coefficient (Wildman–Crippen LogP) is 0.273. The van der Waals surface area contributed by atoms with Gasteiger partial charge in [0, 0.05) is 31.2 Å². The molecule has 2 aliphatic rings. The number of aromatic nitrogens is 1. The van der Waals surface area contributed by atoms with Crippen LogP contribution in [0.25, 0.3) is 0 Å². The standard InChI is InChI=1S/C14H15N3O4/c18-12-5-9-2-3-10(7-16-12)17(9)13(19)8-1-4-11(14(20)21)15-6-8/h1,4,6,9-10H,2-3,5,7H2,(H,16,18)(H,20,21). The van der Waals surface area contributed by atoms with Crippen molar-refractivity contribution in [2.75, 3.05) is 6.54 Å². The van der Waals surface area contributed by atoms with Gasteiger partial charge in [-0.2, -0.15) is 0 Å². The Morgan fingerprint density at radius 2 is 2.05 bits per heavy atom. The maximum Gasteiger partial charge on any atom is 0.354 e. The maximum atomic E-state index is 12.6. The van der Waals surface area contributed by atoms with E-state index in [-0.39, 0.29) is 29.6 Å². The number of pyridine rings is 1. The number of amides is 2. The zero-order chi connectivity index (χ0) is 15.0. The van der Waals surface area contributed by atoms with Gasteiger partial charge in [0.05, 0.1) is 5.56 Å². The molecule has 2 amide bonds. The zero-order valence-electron chi connectivity index (χ0n) is 11.3. The lowest BCUT2D eigenvalue weighted by atomic mass is 10.1. The molecule has 1 aromatic heterocycles. The fourth-order valence-corrected chi connectivity index (χ4v) is 3.01. The molecule has 2 fully saturated rings. The van der Waals surface area contributed by atoms with E-state index in [2.05, 4.69) is 10.3 Å². The van der Waals surface area contributed by atoms with E-state index in [1.807, 2.05) is 0 Å². The van der Waals surface area contributed by atoms with E-state index in [4.69, 9.17) is 5.11 Å². The number of carbonyl (C=O) groups excluding carboxylic acids is 2. The van der Waals surface area contributed by atoms with Crippen LogP contribution in [0.15, 0.2) is 18.3 Å². The minimum absolute atomic E-state index is 0.00750. The first kappa shape index (κ1) is 13.5. The topological polar surface area (TPSA) is 99.6 Å². The molecule has 110 valence electrons. The largest absolute Gasteiger partial charge is 0.477 e. The van der Waals surface area contributed by atoms with Crippen molar-refractivity contribution in [3.8, 4) is 0 Å². The van der Waals surface area contributed by atoms with Crippen molar-refractivity contribution in [3.63, 3.8) is 0 Å². The van der Waals surface area contributed by atoms with Crippen LogP contribution in [0, 0.1) is 0 Å². The number of aromatic carboxylic acids is 1. The lowest BCUT2D eigenvalue weighted by Gasteiger charge is -2.27. The SMILES string of the molecule is O=C1CC2CCC(CN1)N2C(=O)c1ccc(C(=O)O)nc1. The summed E-state index contributed by atoms with van der Waals surface area (Å²) in [6, 6.07) is 2.72. The van der Waals surface area contributed by atoms with Crippen molar-refractivity contribution in [1.82, 2.24) is 15.2 Å². The second-order valence-corrected chi connectivity index (χ2v) is 5.34. The smallest absolute Gasteiger partial charge is 0.354 e. The third-order valence-electron chi connectivity index (χ3n) is 4.04. The summed E-state index contributed by atoms with van der Waals surface area (Å²) in [7, 11) is 0. The third-order valence-corrected chi connectivity index (χ3v) is 4.04. The van der Waals surface area contributed by atoms with Crippen molar-refractivity contribution >= 4 is 17.8 Å². The number of carbonyl (C=O) groups is 3. The summed E-state index contributed by atoms with van der Waals surface area (Å²) >= 11 is 0. The highest BCUT2D eigenvalue weighted by Gasteiger charge is 2.40. The van der Waals surface area contributed by atoms with Crippen molar-refractivity contribution in [2.45, 2.75) is 31.3 Å². The Kier molecular flexibility index (Phi) is 3.32. The second-order valence-electron chi connectivity index (χ2n) is 5.34. The molecule has 2 saturated heterocycles. The molecular weight excluding hydrogens is 274 g/mol. The lowest BCUT2D eigenvalue weighted by Crippen LogP contribution is -2.42. The van der Waals surface area contributed by atoms with Gasteiger partial charge in [0.15, 0.2) is 0 Å². The van der Waals surface area contributed by atoms with E-state index in [1.165, 1.54) is 18.3 Å². The number of carboxylic acid groups (broad SMARTS) is 1. The van der Waals surface area contributed by atoms with E-state index >= 15 is 0 Å². The van der Waals surface area contributed by atoms with Crippen LogP contribution < -0.4 is 5.32 Å². The molecule has 2 bridgehead atoms. The summed E-state index contributed by atoms with van der Waals surface area (Å²) in [5.74, 6) is -1.35. The fourth-order valence-electron chi connectivity index (χ4n) is 3.01. The van der Waals surface area contributed by atoms with Gasteiger partial charge in [-0.15, -0.1) is 0 Å². The number of nitrogens with zero attached hydrogens (tertiary/aromatic N) is 2. The molecule has 2 N–H and O–H groups in total. The van der Waals surface area contributed by atoms with Crippen LogP contribution in [0.4, 0.5) is 0 Å². The Morgan fingerprint density at radius 1 is 1.29 bits per heavy atom. The number of nitrogens with one attached hydrogen (secondary N) is 1. The average Bonchev–Trinajstić information content (AvgIpc) is 2.78. The van der Waals surface area contributed by atoms with Gasteiger partial charge >= 0.3 is 5.97 Å². The normalized spacial score (nSPS) is 24.4. The third kappa shape index (κ3) is 2.46. The molecule has 1 aromatic rings. The number of carboxylic acids is 1. The molecule has 0 spiro atoms. The molecular formula is C14H15N3O4. The fraction of sp³-hybridized carbons (Fsp3) is 0.429. The van der Waals surface area contributed by atoms with E-state index in [0.29, 0.717) is 18.5 Å². The van der Waals surface area contributed by atoms with E-state index in [0.717, 1.165) is 12.8 Å². The highest BCUT2D eigenvalue weighted by Crippen LogP contribution is 2.29. The maximum absolute atomic E-state index is 12.6. The first-order valence-corrected chi connectivity index (χ1v) is 6.85. The highest BCUT2D eigenvalue weighted by molar-refractivity contribution is 5.96. The molecule has 2 atom stereocenters. The Morgan fingerprint density at radius 3 is 2.71 bits per heavy atom. The predicted molar refractivity (Wildman–Crippen MR) is 71.8 cm³/mol. The van der Waals surface area contributed by atoms with Gasteiger partial charge < -0.3 is 15.3 Å². The van der Waals surface area contributed by atoms with Crippen LogP contribution >= 0.6 is 0 Å². The minimum atomic E-state index is -1.13. The van der Waals surface area contributed by atoms with Gasteiger partial charge in [0.1, 0.15) is 5.69 Å². The summed E-state index contributed by atoms with van der Waals surface area (Å²) in [5.41, 5.74) is 0.258. The van der Waals surface area contributed by atoms with Crippen LogP contribution in [-0.4, -0.2) is 51.4 Å². The Labute approximate surface area is 121 Å². The van der Waals surface area contributed by atoms with Gasteiger partial charge in [-0.25, -0.2) is 9.78 Å². The first-order valence-electron chi connectivity index (χ1n) is 6.85. The van der Waals surface area contributed by atoms with Gasteiger partial charge in [-0.3, -0.25) is 9.59 Å². The van der Waals surface area contributed by atoms with Gasteiger partial charge in [-0.1, -0.05) is 0 Å². The number of hydrogen-bond donors (Lipinski definition) is 2. The number of hydrogen-bond acceptors (Lipinski definition) is 4. The summed E-state index contributed by atoms with van der Waals surface area (Å²) < 4.78 is 0. The lowest BCUT2D eigenvalue weighted by molar-refractivity contribution is -0.121. The van der Waals surface area contributed by atoms with E-state index in [1.54, 1.807) is 4.90 Å². The molecule has 7 heteroatoms. The van der Waals surface area contributed by atoms with E-state index < -0.39 is 5.97 Å². The van der Waals surface area contributed by atoms with E-state index in [9.17, 15) is 14.4 Å². The zero-order valence-corrected chi connectivity index (χ0v) is 11.3. The molecule has 0 radical (unpaired) electrons. The van der Waals surface area contributed by atoms with Crippen LogP contribution in [0.3, 0.4) is 0 Å². The number of rotatable bonds is 2. The quantitative estimate of drug-likeness (QED) is 0.814. The van der Waals surface area contributed by atoms with Gasteiger partial charge in [-0.05, 0) is 25.0 Å². The summed E-state index contributed by atoms with van der Waals surface area (Å²) in [5, 5.41) is 11.6. The molecule has 0 saturated carbocycles. The van der Waals surface area contributed by atoms with Crippen molar-refractivity contribution in [2.24, 2.45) is 0 Å². The molecule has 7 nitrogen and oxygen atoms in total. The minimum Gasteiger partial charge on any atom is -0.477 e. The number of fused-ring (bicyclic) bond motifs is 2. The van der Waals surface area contributed by atoms with Gasteiger partial charge in [0.25, 0.3) is 5.91 Å². The highest BCUT2D eigenvalue weighted by atomic mass is 16.4. The first-order chi connectivity index (χ1) is 10.1. The summed E-state index contributed by atoms with van der Waals surface area (Å²) in [4.78, 5) is 40.5. The average molecular weight is 289 g/mol. The van der Waals surface area contributed by atoms with Crippen molar-refractivity contribution in [3.05, 3.63) is 29.6 Å². The van der Waals surface area contributed by atoms with Crippen LogP contribution in [-0.2, 0) is 4.79 Å². The van der Waals surface area contributed by atoms with Crippen LogP contribution in [0.2, 0.25) is 0 Å². The molecule has 0 aliphatic carbocycles.